The molecule has 1 N–H and O–H groups in total. The van der Waals surface area contributed by atoms with Gasteiger partial charge in [0.05, 0.1) is 0 Å². The summed E-state index contributed by atoms with van der Waals surface area (Å²) in [6, 6.07) is 6.74. The summed E-state index contributed by atoms with van der Waals surface area (Å²) >= 11 is 3.20. The lowest BCUT2D eigenvalue weighted by molar-refractivity contribution is 0.410. The first kappa shape index (κ1) is 8.65. The van der Waals surface area contributed by atoms with Gasteiger partial charge in [-0.05, 0) is 12.1 Å². The Kier molecular flexibility index (Phi) is 3.00. The maximum Gasteiger partial charge on any atom is 0.747 e. The Balaban J connectivity index is 2.79. The highest BCUT2D eigenvalue weighted by molar-refractivity contribution is 9.10. The van der Waals surface area contributed by atoms with Gasteiger partial charge in [0.15, 0.2) is 5.75 Å². The van der Waals surface area contributed by atoms with Gasteiger partial charge in [-0.15, -0.1) is 4.89 Å². The van der Waals surface area contributed by atoms with Gasteiger partial charge in [-0.3, -0.25) is 0 Å². The Labute approximate surface area is 73.1 Å². The van der Waals surface area contributed by atoms with Crippen LogP contribution in [0.1, 0.15) is 0 Å². The zero-order chi connectivity index (χ0) is 8.27. The van der Waals surface area contributed by atoms with Crippen LogP contribution in [0.3, 0.4) is 0 Å². The lowest BCUT2D eigenvalue weighted by Crippen LogP contribution is -1.78. The predicted molar refractivity (Wildman–Crippen MR) is 44.6 cm³/mol. The molecule has 11 heavy (non-hydrogen) atoms. The molecule has 0 aliphatic rings. The van der Waals surface area contributed by atoms with Crippen LogP contribution in [0.4, 0.5) is 0 Å². The van der Waals surface area contributed by atoms with Crippen molar-refractivity contribution in [1.82, 2.24) is 0 Å². The van der Waals surface area contributed by atoms with Crippen LogP contribution in [-0.2, 0) is 4.57 Å². The van der Waals surface area contributed by atoms with Gasteiger partial charge in [-0.1, -0.05) is 22.0 Å². The minimum Gasteiger partial charge on any atom is -0.229 e. The summed E-state index contributed by atoms with van der Waals surface area (Å²) in [7, 11) is -2.56. The quantitative estimate of drug-likeness (QED) is 0.802. The molecule has 0 aliphatic heterocycles. The van der Waals surface area contributed by atoms with E-state index in [2.05, 4.69) is 20.5 Å². The highest BCUT2D eigenvalue weighted by Crippen LogP contribution is 2.25. The number of benzene rings is 1. The van der Waals surface area contributed by atoms with Crippen molar-refractivity contribution < 1.29 is 14.0 Å². The molecule has 58 valence electrons. The number of rotatable bonds is 2. The summed E-state index contributed by atoms with van der Waals surface area (Å²) in [4.78, 5) is 8.37. The lowest BCUT2D eigenvalue weighted by atomic mass is 10.3. The molecule has 0 aromatic heterocycles. The molecule has 1 unspecified atom stereocenters. The molecule has 0 fully saturated rings. The highest BCUT2D eigenvalue weighted by atomic mass is 79.9. The first-order valence-electron chi connectivity index (χ1n) is 2.78. The van der Waals surface area contributed by atoms with Crippen molar-refractivity contribution in [3.8, 4) is 5.75 Å². The van der Waals surface area contributed by atoms with Crippen LogP contribution in [0.15, 0.2) is 28.7 Å². The van der Waals surface area contributed by atoms with E-state index in [0.29, 0.717) is 5.75 Å². The zero-order valence-corrected chi connectivity index (χ0v) is 7.88. The van der Waals surface area contributed by atoms with Gasteiger partial charge in [-0.2, -0.15) is 0 Å². The molecule has 0 amide bonds. The largest absolute Gasteiger partial charge is 0.747 e. The summed E-state index contributed by atoms with van der Waals surface area (Å²) < 4.78 is 15.5. The Morgan fingerprint density at radius 2 is 2.27 bits per heavy atom. The molecule has 3 nitrogen and oxygen atoms in total. The third-order valence-electron chi connectivity index (χ3n) is 0.980. The average molecular weight is 236 g/mol. The fraction of sp³-hybridized carbons (Fsp3) is 0. The van der Waals surface area contributed by atoms with Crippen molar-refractivity contribution in [2.45, 2.75) is 0 Å². The molecule has 0 heterocycles. The van der Waals surface area contributed by atoms with E-state index in [1.807, 2.05) is 0 Å². The van der Waals surface area contributed by atoms with Crippen LogP contribution in [-0.4, -0.2) is 4.89 Å². The molecule has 1 rings (SSSR count). The fourth-order valence-corrected chi connectivity index (χ4v) is 1.29. The number of halogens is 1. The molecular weight excluding hydrogens is 231 g/mol. The summed E-state index contributed by atoms with van der Waals surface area (Å²) in [5.74, 6) is 0.378. The van der Waals surface area contributed by atoms with E-state index >= 15 is 0 Å². The van der Waals surface area contributed by atoms with Crippen LogP contribution in [0.5, 0.6) is 5.75 Å². The standard InChI is InChI=1S/C6H4BrO3P/c7-5-2-1-3-6(4-5)10-11(8)9/h1-4H/p+1. The molecule has 1 aromatic carbocycles. The monoisotopic (exact) mass is 235 g/mol. The zero-order valence-electron chi connectivity index (χ0n) is 5.40. The summed E-state index contributed by atoms with van der Waals surface area (Å²) in [5, 5.41) is 0. The van der Waals surface area contributed by atoms with Gasteiger partial charge in [0.2, 0.25) is 0 Å². The van der Waals surface area contributed by atoms with Gasteiger partial charge in [0.25, 0.3) is 0 Å². The molecular formula is C6H5BrO3P+. The first-order chi connectivity index (χ1) is 5.18. The second kappa shape index (κ2) is 3.81. The van der Waals surface area contributed by atoms with Crippen LogP contribution < -0.4 is 4.52 Å². The lowest BCUT2D eigenvalue weighted by Gasteiger charge is -1.90. The van der Waals surface area contributed by atoms with Crippen LogP contribution in [0.25, 0.3) is 0 Å². The van der Waals surface area contributed by atoms with Crippen LogP contribution in [0, 0.1) is 0 Å². The second-order valence-electron chi connectivity index (χ2n) is 1.79. The van der Waals surface area contributed by atoms with Gasteiger partial charge in [0.1, 0.15) is 0 Å². The minimum absolute atomic E-state index is 0.378. The molecule has 0 aliphatic carbocycles. The average Bonchev–Trinajstić information content (AvgIpc) is 1.85. The molecule has 0 saturated carbocycles. The summed E-state index contributed by atoms with van der Waals surface area (Å²) in [6.07, 6.45) is 0. The first-order valence-corrected chi connectivity index (χ1v) is 4.70. The van der Waals surface area contributed by atoms with E-state index in [1.165, 1.54) is 0 Å². The summed E-state index contributed by atoms with van der Waals surface area (Å²) in [5.41, 5.74) is 0. The highest BCUT2D eigenvalue weighted by Gasteiger charge is 2.13. The van der Waals surface area contributed by atoms with Crippen molar-refractivity contribution in [2.24, 2.45) is 0 Å². The van der Waals surface area contributed by atoms with Gasteiger partial charge in [-0.25, -0.2) is 4.52 Å². The Morgan fingerprint density at radius 3 is 2.82 bits per heavy atom. The molecule has 1 atom stereocenters. The molecule has 0 spiro atoms. The van der Waals surface area contributed by atoms with Crippen molar-refractivity contribution in [3.63, 3.8) is 0 Å². The third kappa shape index (κ3) is 2.97. The molecule has 5 heteroatoms. The Bertz CT molecular complexity index is 276. The molecule has 0 saturated heterocycles. The van der Waals surface area contributed by atoms with E-state index in [0.717, 1.165) is 4.47 Å². The Morgan fingerprint density at radius 1 is 1.55 bits per heavy atom. The minimum atomic E-state index is -2.56. The van der Waals surface area contributed by atoms with E-state index in [9.17, 15) is 4.57 Å². The predicted octanol–water partition coefficient (Wildman–Crippen LogP) is 2.48. The molecule has 0 radical (unpaired) electrons. The fourth-order valence-electron chi connectivity index (χ4n) is 0.614. The van der Waals surface area contributed by atoms with Crippen molar-refractivity contribution in [2.75, 3.05) is 0 Å². The number of hydrogen-bond acceptors (Lipinski definition) is 2. The normalized spacial score (nSPS) is 10.9. The van der Waals surface area contributed by atoms with E-state index < -0.39 is 8.25 Å². The van der Waals surface area contributed by atoms with Gasteiger partial charge >= 0.3 is 8.25 Å². The van der Waals surface area contributed by atoms with Gasteiger partial charge in [0, 0.05) is 15.1 Å². The molecule has 0 bridgehead atoms. The summed E-state index contributed by atoms with van der Waals surface area (Å²) in [6.45, 7) is 0. The SMILES string of the molecule is O=[P+](O)Oc1cccc(Br)c1. The van der Waals surface area contributed by atoms with Crippen LogP contribution >= 0.6 is 24.2 Å². The second-order valence-corrected chi connectivity index (χ2v) is 3.36. The van der Waals surface area contributed by atoms with Gasteiger partial charge < -0.3 is 0 Å². The van der Waals surface area contributed by atoms with Crippen LogP contribution in [0.2, 0.25) is 0 Å². The van der Waals surface area contributed by atoms with Crippen molar-refractivity contribution in [3.05, 3.63) is 28.7 Å². The topological polar surface area (TPSA) is 46.5 Å². The van der Waals surface area contributed by atoms with Crippen molar-refractivity contribution in [1.29, 1.82) is 0 Å². The maximum absolute atomic E-state index is 10.2. The van der Waals surface area contributed by atoms with Crippen molar-refractivity contribution >= 4 is 24.2 Å². The smallest absolute Gasteiger partial charge is 0.229 e. The number of hydrogen-bond donors (Lipinski definition) is 1. The van der Waals surface area contributed by atoms with E-state index in [1.54, 1.807) is 24.3 Å². The molecule has 1 aromatic rings. The Hall–Kier alpha value is -0.440. The maximum atomic E-state index is 10.2. The van der Waals surface area contributed by atoms with E-state index in [-0.39, 0.29) is 0 Å². The third-order valence-corrected chi connectivity index (χ3v) is 1.84. The van der Waals surface area contributed by atoms with E-state index in [4.69, 9.17) is 4.89 Å².